The maximum Gasteiger partial charge on any atom is 0.191 e. The third-order valence-electron chi connectivity index (χ3n) is 5.38. The van der Waals surface area contributed by atoms with E-state index in [1.165, 1.54) is 56.5 Å². The van der Waals surface area contributed by atoms with E-state index in [4.69, 9.17) is 4.99 Å². The highest BCUT2D eigenvalue weighted by Gasteiger charge is 2.27. The van der Waals surface area contributed by atoms with E-state index >= 15 is 0 Å². The van der Waals surface area contributed by atoms with Crippen LogP contribution >= 0.6 is 35.3 Å². The predicted molar refractivity (Wildman–Crippen MR) is 122 cm³/mol. The minimum atomic E-state index is 0. The number of halogens is 1. The molecule has 5 nitrogen and oxygen atoms in total. The quantitative estimate of drug-likeness (QED) is 0.361. The Morgan fingerprint density at radius 3 is 2.58 bits per heavy atom. The summed E-state index contributed by atoms with van der Waals surface area (Å²) < 4.78 is 0. The summed E-state index contributed by atoms with van der Waals surface area (Å²) in [4.78, 5) is 13.3. The van der Waals surface area contributed by atoms with Gasteiger partial charge >= 0.3 is 0 Å². The normalized spacial score (nSPS) is 20.2. The highest BCUT2D eigenvalue weighted by atomic mass is 127. The van der Waals surface area contributed by atoms with E-state index in [1.807, 2.05) is 6.20 Å². The molecule has 0 bridgehead atoms. The minimum Gasteiger partial charge on any atom is -0.357 e. The first kappa shape index (κ1) is 21.9. The van der Waals surface area contributed by atoms with Crippen LogP contribution in [0.2, 0.25) is 0 Å². The van der Waals surface area contributed by atoms with Gasteiger partial charge in [0.2, 0.25) is 0 Å². The summed E-state index contributed by atoms with van der Waals surface area (Å²) in [5.74, 6) is 0.940. The number of thiazole rings is 1. The fourth-order valence-corrected chi connectivity index (χ4v) is 4.71. The second-order valence-corrected chi connectivity index (χ2v) is 8.36. The van der Waals surface area contributed by atoms with E-state index < -0.39 is 0 Å². The van der Waals surface area contributed by atoms with Gasteiger partial charge in [-0.2, -0.15) is 0 Å². The number of guanidine groups is 1. The van der Waals surface area contributed by atoms with Gasteiger partial charge in [-0.25, -0.2) is 9.98 Å². The fraction of sp³-hybridized carbons (Fsp3) is 0.789. The lowest BCUT2D eigenvalue weighted by molar-refractivity contribution is 0.150. The van der Waals surface area contributed by atoms with Crippen molar-refractivity contribution in [3.8, 4) is 0 Å². The minimum absolute atomic E-state index is 0. The topological polar surface area (TPSA) is 52.6 Å². The van der Waals surface area contributed by atoms with E-state index in [0.29, 0.717) is 12.6 Å². The van der Waals surface area contributed by atoms with Crippen molar-refractivity contribution >= 4 is 41.3 Å². The van der Waals surface area contributed by atoms with Gasteiger partial charge in [-0.1, -0.05) is 19.8 Å². The van der Waals surface area contributed by atoms with Crippen molar-refractivity contribution in [3.05, 3.63) is 16.1 Å². The molecule has 0 spiro atoms. The average molecular weight is 491 g/mol. The number of rotatable bonds is 6. The molecule has 0 atom stereocenters. The molecule has 1 saturated heterocycles. The van der Waals surface area contributed by atoms with E-state index in [0.717, 1.165) is 30.0 Å². The van der Waals surface area contributed by atoms with Crippen LogP contribution in [0.15, 0.2) is 11.2 Å². The fourth-order valence-electron chi connectivity index (χ4n) is 3.92. The molecule has 2 heterocycles. The summed E-state index contributed by atoms with van der Waals surface area (Å²) in [6, 6.07) is 1.40. The highest BCUT2D eigenvalue weighted by molar-refractivity contribution is 14.0. The van der Waals surface area contributed by atoms with Crippen LogP contribution in [-0.2, 0) is 13.0 Å². The number of piperidine rings is 1. The Bertz CT molecular complexity index is 548. The number of likely N-dealkylation sites (tertiary alicyclic amines) is 1. The van der Waals surface area contributed by atoms with E-state index in [2.05, 4.69) is 34.4 Å². The van der Waals surface area contributed by atoms with Crippen molar-refractivity contribution in [1.82, 2.24) is 20.5 Å². The number of hydrogen-bond donors (Lipinski definition) is 2. The summed E-state index contributed by atoms with van der Waals surface area (Å²) in [6.45, 7) is 8.32. The van der Waals surface area contributed by atoms with Gasteiger partial charge in [0.05, 0.1) is 6.54 Å². The number of hydrogen-bond acceptors (Lipinski definition) is 4. The van der Waals surface area contributed by atoms with Crippen LogP contribution in [0.4, 0.5) is 0 Å². The summed E-state index contributed by atoms with van der Waals surface area (Å²) in [5.41, 5.74) is 0. The maximum atomic E-state index is 4.75. The zero-order valence-corrected chi connectivity index (χ0v) is 19.3. The summed E-state index contributed by atoms with van der Waals surface area (Å²) in [6.07, 6.45) is 11.2. The van der Waals surface area contributed by atoms with E-state index in [1.54, 1.807) is 11.3 Å². The summed E-state index contributed by atoms with van der Waals surface area (Å²) in [7, 11) is 0. The lowest BCUT2D eigenvalue weighted by Crippen LogP contribution is -2.50. The second kappa shape index (κ2) is 11.4. The van der Waals surface area contributed by atoms with Gasteiger partial charge in [0.15, 0.2) is 5.96 Å². The molecule has 2 N–H and O–H groups in total. The molecule has 2 fully saturated rings. The van der Waals surface area contributed by atoms with Crippen LogP contribution in [0.25, 0.3) is 0 Å². The lowest BCUT2D eigenvalue weighted by Gasteiger charge is -2.36. The summed E-state index contributed by atoms with van der Waals surface area (Å²) >= 11 is 1.77. The maximum absolute atomic E-state index is 4.75. The third kappa shape index (κ3) is 6.34. The van der Waals surface area contributed by atoms with Crippen molar-refractivity contribution in [1.29, 1.82) is 0 Å². The molecule has 0 aromatic carbocycles. The molecule has 1 saturated carbocycles. The molecule has 1 aromatic heterocycles. The standard InChI is InChI=1S/C19H33N5S.HI/c1-3-17-13-21-18(25-17)14-22-19(20-4-2)23-15-9-11-24(12-10-15)16-7-5-6-8-16;/h13,15-16H,3-12,14H2,1-2H3,(H2,20,22,23);1H. The smallest absolute Gasteiger partial charge is 0.191 e. The van der Waals surface area contributed by atoms with Crippen molar-refractivity contribution in [2.24, 2.45) is 4.99 Å². The van der Waals surface area contributed by atoms with Gasteiger partial charge in [-0.05, 0) is 39.0 Å². The van der Waals surface area contributed by atoms with Gasteiger partial charge in [-0.15, -0.1) is 35.3 Å². The molecule has 1 aliphatic carbocycles. The van der Waals surface area contributed by atoms with Gasteiger partial charge in [0, 0.05) is 42.8 Å². The molecule has 3 rings (SSSR count). The molecule has 7 heteroatoms. The number of aromatic nitrogens is 1. The Balaban J connectivity index is 0.00000243. The zero-order valence-electron chi connectivity index (χ0n) is 16.2. The van der Waals surface area contributed by atoms with Crippen molar-refractivity contribution in [2.75, 3.05) is 19.6 Å². The Morgan fingerprint density at radius 1 is 1.23 bits per heavy atom. The second-order valence-electron chi connectivity index (χ2n) is 7.16. The van der Waals surface area contributed by atoms with Gasteiger partial charge in [0.1, 0.15) is 5.01 Å². The van der Waals surface area contributed by atoms with Crippen LogP contribution in [0, 0.1) is 0 Å². The van der Waals surface area contributed by atoms with E-state index in [9.17, 15) is 0 Å². The van der Waals surface area contributed by atoms with Crippen molar-refractivity contribution in [2.45, 2.75) is 77.4 Å². The Kier molecular flexibility index (Phi) is 9.63. The Labute approximate surface area is 179 Å². The third-order valence-corrected chi connectivity index (χ3v) is 6.50. The molecule has 0 amide bonds. The molecule has 0 unspecified atom stereocenters. The molecule has 1 aromatic rings. The first-order valence-corrected chi connectivity index (χ1v) is 10.8. The zero-order chi connectivity index (χ0) is 17.5. The molecule has 0 radical (unpaired) electrons. The van der Waals surface area contributed by atoms with Crippen LogP contribution < -0.4 is 10.6 Å². The van der Waals surface area contributed by atoms with Gasteiger partial charge in [-0.3, -0.25) is 0 Å². The Morgan fingerprint density at radius 2 is 1.96 bits per heavy atom. The van der Waals surface area contributed by atoms with Crippen molar-refractivity contribution < 1.29 is 0 Å². The first-order chi connectivity index (χ1) is 12.3. The monoisotopic (exact) mass is 491 g/mol. The molecular weight excluding hydrogens is 457 g/mol. The van der Waals surface area contributed by atoms with Crippen LogP contribution in [0.5, 0.6) is 0 Å². The Hall–Kier alpha value is -0.410. The van der Waals surface area contributed by atoms with Crippen LogP contribution in [-0.4, -0.2) is 47.6 Å². The van der Waals surface area contributed by atoms with Gasteiger partial charge < -0.3 is 15.5 Å². The lowest BCUT2D eigenvalue weighted by atomic mass is 10.0. The number of nitrogens with one attached hydrogen (secondary N) is 2. The van der Waals surface area contributed by atoms with Crippen LogP contribution in [0.1, 0.15) is 62.3 Å². The average Bonchev–Trinajstić information content (AvgIpc) is 3.32. The molecule has 26 heavy (non-hydrogen) atoms. The van der Waals surface area contributed by atoms with E-state index in [-0.39, 0.29) is 24.0 Å². The SMILES string of the molecule is CCNC(=NCc1ncc(CC)s1)NC1CCN(C2CCCC2)CC1.I. The molecule has 148 valence electrons. The van der Waals surface area contributed by atoms with Crippen LogP contribution in [0.3, 0.4) is 0 Å². The number of aryl methyl sites for hydroxylation is 1. The first-order valence-electron chi connectivity index (χ1n) is 10.0. The highest BCUT2D eigenvalue weighted by Crippen LogP contribution is 2.26. The largest absolute Gasteiger partial charge is 0.357 e. The number of nitrogens with zero attached hydrogens (tertiary/aromatic N) is 3. The number of aliphatic imine (C=N–C) groups is 1. The predicted octanol–water partition coefficient (Wildman–Crippen LogP) is 3.79. The summed E-state index contributed by atoms with van der Waals surface area (Å²) in [5, 5.41) is 8.14. The molecular formula is C19H34IN5S. The molecule has 1 aliphatic heterocycles. The van der Waals surface area contributed by atoms with Crippen molar-refractivity contribution in [3.63, 3.8) is 0 Å². The van der Waals surface area contributed by atoms with Gasteiger partial charge in [0.25, 0.3) is 0 Å². The molecule has 2 aliphatic rings.